The highest BCUT2D eigenvalue weighted by atomic mass is 32.2. The lowest BCUT2D eigenvalue weighted by atomic mass is 10.3. The number of aromatic nitrogens is 2. The standard InChI is InChI=1S/C14H11NOS2.C6H4N2OS/c1-15(10-5-3-2-4-6-10)14-17-12-8-7-11(16)9-13(12)18-14;9-4-1-2-6-5(3-4)7-8-10-6/h2-9H,1H3;1-3,9H/p+1/b15-14+;. The number of phenols is 2. The van der Waals surface area contributed by atoms with Gasteiger partial charge in [0.2, 0.25) is 5.69 Å². The molecule has 2 N–H and O–H groups in total. The van der Waals surface area contributed by atoms with E-state index in [2.05, 4.69) is 33.3 Å². The Morgan fingerprint density at radius 3 is 2.25 bits per heavy atom. The van der Waals surface area contributed by atoms with E-state index in [9.17, 15) is 5.11 Å². The van der Waals surface area contributed by atoms with E-state index in [0.717, 1.165) is 14.9 Å². The molecule has 8 heteroatoms. The molecule has 0 aliphatic heterocycles. The van der Waals surface area contributed by atoms with Crippen molar-refractivity contribution in [1.29, 1.82) is 0 Å². The molecule has 28 heavy (non-hydrogen) atoms. The molecule has 5 aromatic rings. The van der Waals surface area contributed by atoms with Gasteiger partial charge in [-0.25, -0.2) is 0 Å². The van der Waals surface area contributed by atoms with Crippen molar-refractivity contribution in [3.8, 4) is 11.5 Å². The molecule has 2 heterocycles. The first-order valence-electron chi connectivity index (χ1n) is 8.36. The van der Waals surface area contributed by atoms with E-state index in [1.807, 2.05) is 30.3 Å². The summed E-state index contributed by atoms with van der Waals surface area (Å²) in [6.45, 7) is 0. The van der Waals surface area contributed by atoms with Gasteiger partial charge in [-0.3, -0.25) is 0 Å². The van der Waals surface area contributed by atoms with Crippen LogP contribution >= 0.6 is 34.2 Å². The van der Waals surface area contributed by atoms with Crippen LogP contribution in [0, 0.1) is 0 Å². The van der Waals surface area contributed by atoms with Gasteiger partial charge in [-0.05, 0) is 41.9 Å². The fourth-order valence-electron chi connectivity index (χ4n) is 2.53. The largest absolute Gasteiger partial charge is 0.508 e. The Bertz CT molecular complexity index is 1310. The Balaban J connectivity index is 0.000000162. The molecule has 140 valence electrons. The van der Waals surface area contributed by atoms with Crippen molar-refractivity contribution in [3.63, 3.8) is 0 Å². The van der Waals surface area contributed by atoms with Gasteiger partial charge in [0.05, 0.1) is 14.1 Å². The van der Waals surface area contributed by atoms with E-state index in [0.29, 0.717) is 5.75 Å². The number of nitrogens with zero attached hydrogens (tertiary/aromatic N) is 3. The van der Waals surface area contributed by atoms with Crippen molar-refractivity contribution in [2.75, 3.05) is 7.05 Å². The highest BCUT2D eigenvalue weighted by Crippen LogP contribution is 2.25. The second kappa shape index (κ2) is 8.05. The van der Waals surface area contributed by atoms with Gasteiger partial charge in [0.15, 0.2) is 0 Å². The summed E-state index contributed by atoms with van der Waals surface area (Å²) in [6.07, 6.45) is 0. The van der Waals surface area contributed by atoms with Gasteiger partial charge < -0.3 is 10.2 Å². The zero-order chi connectivity index (χ0) is 19.5. The predicted octanol–water partition coefficient (Wildman–Crippen LogP) is 4.80. The first-order valence-corrected chi connectivity index (χ1v) is 10.8. The number of hydrogen-bond acceptors (Lipinski definition) is 7. The molecular weight excluding hydrogens is 410 g/mol. The number of para-hydroxylation sites is 1. The summed E-state index contributed by atoms with van der Waals surface area (Å²) in [5, 5.41) is 22.3. The van der Waals surface area contributed by atoms with Crippen LogP contribution in [0.1, 0.15) is 0 Å². The monoisotopic (exact) mass is 426 g/mol. The summed E-state index contributed by atoms with van der Waals surface area (Å²) in [5.74, 6) is 0.561. The van der Waals surface area contributed by atoms with Gasteiger partial charge in [-0.15, -0.1) is 5.10 Å². The molecule has 0 aliphatic rings. The molecule has 0 fully saturated rings. The Kier molecular flexibility index (Phi) is 5.34. The molecular formula is C20H16N3O2S3+. The van der Waals surface area contributed by atoms with E-state index in [4.69, 9.17) is 5.11 Å². The molecule has 0 amide bonds. The topological polar surface area (TPSA) is 69.2 Å². The number of hydrogen-bond donors (Lipinski definition) is 2. The molecule has 0 unspecified atom stereocenters. The maximum absolute atomic E-state index is 9.49. The van der Waals surface area contributed by atoms with Crippen LogP contribution in [0.2, 0.25) is 0 Å². The van der Waals surface area contributed by atoms with Crippen LogP contribution in [-0.2, 0) is 0 Å². The molecule has 0 bridgehead atoms. The van der Waals surface area contributed by atoms with Crippen LogP contribution in [0.15, 0.2) is 66.7 Å². The molecule has 0 atom stereocenters. The van der Waals surface area contributed by atoms with E-state index in [1.54, 1.807) is 46.9 Å². The highest BCUT2D eigenvalue weighted by Gasteiger charge is 2.08. The number of benzene rings is 3. The minimum Gasteiger partial charge on any atom is -0.508 e. The molecule has 0 aliphatic carbocycles. The van der Waals surface area contributed by atoms with E-state index in [1.165, 1.54) is 25.9 Å². The summed E-state index contributed by atoms with van der Waals surface area (Å²) in [6, 6.07) is 20.8. The van der Waals surface area contributed by atoms with Crippen molar-refractivity contribution >= 4 is 59.5 Å². The first-order chi connectivity index (χ1) is 13.6. The Morgan fingerprint density at radius 1 is 0.786 bits per heavy atom. The Labute approximate surface area is 172 Å². The number of rotatable bonds is 1. The van der Waals surface area contributed by atoms with Gasteiger partial charge in [0, 0.05) is 18.2 Å². The predicted molar refractivity (Wildman–Crippen MR) is 118 cm³/mol. The number of fused-ring (bicyclic) bond motifs is 2. The van der Waals surface area contributed by atoms with Crippen molar-refractivity contribution < 1.29 is 10.2 Å². The van der Waals surface area contributed by atoms with Crippen LogP contribution in [-0.4, -0.2) is 26.8 Å². The number of phenolic OH excluding ortho intramolecular Hbond substituents is 2. The SMILES string of the molecule is C/[N+](c1ccccc1)=c1/sc2ccc(O)cc2s1.Oc1ccc2snnc2c1. The van der Waals surface area contributed by atoms with Gasteiger partial charge in [0.1, 0.15) is 24.1 Å². The van der Waals surface area contributed by atoms with Crippen LogP contribution in [0.5, 0.6) is 11.5 Å². The maximum atomic E-state index is 9.49. The van der Waals surface area contributed by atoms with Crippen molar-refractivity contribution in [1.82, 2.24) is 14.2 Å². The van der Waals surface area contributed by atoms with E-state index >= 15 is 0 Å². The molecule has 0 radical (unpaired) electrons. The Morgan fingerprint density at radius 2 is 1.46 bits per heavy atom. The molecule has 0 saturated heterocycles. The quantitative estimate of drug-likeness (QED) is 0.378. The second-order valence-corrected chi connectivity index (χ2v) is 9.03. The molecule has 2 aromatic heterocycles. The molecule has 5 nitrogen and oxygen atoms in total. The van der Waals surface area contributed by atoms with Gasteiger partial charge in [0.25, 0.3) is 0 Å². The third kappa shape index (κ3) is 4.04. The normalized spacial score (nSPS) is 11.9. The maximum Gasteiger partial charge on any atom is 0.320 e. The van der Waals surface area contributed by atoms with E-state index in [-0.39, 0.29) is 5.75 Å². The lowest BCUT2D eigenvalue weighted by Crippen LogP contribution is -2.14. The van der Waals surface area contributed by atoms with Crippen molar-refractivity contribution in [3.05, 3.63) is 70.7 Å². The summed E-state index contributed by atoms with van der Waals surface area (Å²) in [5.41, 5.74) is 1.93. The van der Waals surface area contributed by atoms with Crippen LogP contribution in [0.3, 0.4) is 0 Å². The summed E-state index contributed by atoms with van der Waals surface area (Å²) in [7, 11) is 2.07. The van der Waals surface area contributed by atoms with Gasteiger partial charge in [-0.2, -0.15) is 4.58 Å². The van der Waals surface area contributed by atoms with Crippen LogP contribution in [0.25, 0.3) is 19.6 Å². The minimum atomic E-state index is 0.236. The number of aromatic hydroxyl groups is 2. The summed E-state index contributed by atoms with van der Waals surface area (Å²) in [4.78, 5) is 0. The summed E-state index contributed by atoms with van der Waals surface area (Å²) < 4.78 is 10.4. The van der Waals surface area contributed by atoms with Gasteiger partial charge in [-0.1, -0.05) is 45.4 Å². The van der Waals surface area contributed by atoms with Crippen LogP contribution in [0.4, 0.5) is 5.69 Å². The fraction of sp³-hybridized carbons (Fsp3) is 0.0500. The fourth-order valence-corrected chi connectivity index (χ4v) is 5.53. The van der Waals surface area contributed by atoms with E-state index < -0.39 is 0 Å². The third-order valence-corrected chi connectivity index (χ3v) is 7.33. The minimum absolute atomic E-state index is 0.236. The average molecular weight is 427 g/mol. The summed E-state index contributed by atoms with van der Waals surface area (Å²) >= 11 is 4.76. The zero-order valence-corrected chi connectivity index (χ0v) is 17.3. The van der Waals surface area contributed by atoms with Crippen LogP contribution < -0.4 is 8.56 Å². The molecule has 0 spiro atoms. The third-order valence-electron chi connectivity index (χ3n) is 3.97. The van der Waals surface area contributed by atoms with Gasteiger partial charge >= 0.3 is 3.98 Å². The molecule has 5 rings (SSSR count). The first kappa shape index (κ1) is 18.5. The molecule has 3 aromatic carbocycles. The van der Waals surface area contributed by atoms with Crippen molar-refractivity contribution in [2.45, 2.75) is 0 Å². The second-order valence-electron chi connectivity index (χ2n) is 5.92. The highest BCUT2D eigenvalue weighted by molar-refractivity contribution is 7.35. The molecule has 0 saturated carbocycles. The Hall–Kier alpha value is -2.81. The van der Waals surface area contributed by atoms with Crippen molar-refractivity contribution in [2.24, 2.45) is 0 Å². The smallest absolute Gasteiger partial charge is 0.320 e. The average Bonchev–Trinajstić information content (AvgIpc) is 3.34. The lowest BCUT2D eigenvalue weighted by molar-refractivity contribution is 0.475. The lowest BCUT2D eigenvalue weighted by Gasteiger charge is -1.91. The zero-order valence-electron chi connectivity index (χ0n) is 14.8.